The second-order valence-corrected chi connectivity index (χ2v) is 13.6. The van der Waals surface area contributed by atoms with Crippen LogP contribution in [0.4, 0.5) is 5.69 Å². The van der Waals surface area contributed by atoms with Crippen LogP contribution in [-0.2, 0) is 25.2 Å². The number of carbonyl (C=O) groups excluding carboxylic acids is 3. The van der Waals surface area contributed by atoms with Crippen molar-refractivity contribution < 1.29 is 14.4 Å². The van der Waals surface area contributed by atoms with Crippen molar-refractivity contribution in [3.63, 3.8) is 0 Å². The van der Waals surface area contributed by atoms with Crippen LogP contribution in [0.15, 0.2) is 127 Å². The van der Waals surface area contributed by atoms with Crippen LogP contribution in [-0.4, -0.2) is 17.6 Å². The molecule has 3 aliphatic rings. The smallest absolute Gasteiger partial charge is 0.239 e. The molecule has 8 rings (SSSR count). The zero-order chi connectivity index (χ0) is 32.7. The lowest BCUT2D eigenvalue weighted by atomic mass is 9.59. The van der Waals surface area contributed by atoms with E-state index >= 15 is 14.4 Å². The second kappa shape index (κ2) is 10.8. The molecule has 0 aromatic heterocycles. The van der Waals surface area contributed by atoms with Gasteiger partial charge in [0.2, 0.25) is 11.8 Å². The van der Waals surface area contributed by atoms with Crippen LogP contribution in [0.1, 0.15) is 27.8 Å². The largest absolute Gasteiger partial charge is 0.297 e. The van der Waals surface area contributed by atoms with Gasteiger partial charge in [-0.3, -0.25) is 14.4 Å². The van der Waals surface area contributed by atoms with E-state index in [0.29, 0.717) is 43.0 Å². The molecule has 2 aliphatic carbocycles. The Hall–Kier alpha value is -4.48. The number of aryl methyl sites for hydroxylation is 1. The summed E-state index contributed by atoms with van der Waals surface area (Å²) in [6.07, 6.45) is 0. The Labute approximate surface area is 287 Å². The molecule has 4 atom stereocenters. The Morgan fingerprint density at radius 3 is 1.38 bits per heavy atom. The first-order valence-electron chi connectivity index (χ1n) is 15.3. The maximum atomic E-state index is 15.9. The Kier molecular flexibility index (Phi) is 6.86. The molecule has 230 valence electrons. The van der Waals surface area contributed by atoms with Crippen molar-refractivity contribution in [3.8, 4) is 0 Å². The second-order valence-electron chi connectivity index (χ2n) is 12.3. The maximum Gasteiger partial charge on any atom is 0.239 e. The highest BCUT2D eigenvalue weighted by atomic mass is 35.5. The van der Waals surface area contributed by atoms with Crippen molar-refractivity contribution >= 4 is 69.2 Å². The number of carbonyl (C=O) groups is 3. The van der Waals surface area contributed by atoms with Gasteiger partial charge < -0.3 is 0 Å². The highest BCUT2D eigenvalue weighted by molar-refractivity contribution is 6.39. The van der Waals surface area contributed by atoms with Crippen molar-refractivity contribution in [1.82, 2.24) is 0 Å². The summed E-state index contributed by atoms with van der Waals surface area (Å²) in [6.45, 7) is 1.86. The van der Waals surface area contributed by atoms with E-state index in [1.54, 1.807) is 42.5 Å². The van der Waals surface area contributed by atoms with Gasteiger partial charge in [0.1, 0.15) is 0 Å². The van der Waals surface area contributed by atoms with Crippen molar-refractivity contribution in [2.24, 2.45) is 11.8 Å². The number of halogens is 3. The quantitative estimate of drug-likeness (QED) is 0.175. The number of hydrogen-bond acceptors (Lipinski definition) is 3. The summed E-state index contributed by atoms with van der Waals surface area (Å²) in [4.78, 5) is 47.3. The number of ketones is 1. The highest BCUT2D eigenvalue weighted by Gasteiger charge is 2.82. The van der Waals surface area contributed by atoms with Gasteiger partial charge in [0.15, 0.2) is 5.78 Å². The van der Waals surface area contributed by atoms with E-state index < -0.39 is 34.5 Å². The number of Topliss-reactive ketones (excluding diaryl/α,β-unsaturated/α-hetero) is 1. The van der Waals surface area contributed by atoms with Crippen molar-refractivity contribution in [2.45, 2.75) is 17.8 Å². The molecule has 2 fully saturated rings. The predicted molar refractivity (Wildman–Crippen MR) is 187 cm³/mol. The number of hydrogen-bond donors (Lipinski definition) is 0. The number of amides is 2. The van der Waals surface area contributed by atoms with Crippen molar-refractivity contribution in [3.05, 3.63) is 170 Å². The van der Waals surface area contributed by atoms with E-state index in [4.69, 9.17) is 34.8 Å². The lowest BCUT2D eigenvalue weighted by Gasteiger charge is -2.39. The van der Waals surface area contributed by atoms with Gasteiger partial charge in [-0.25, -0.2) is 4.90 Å². The fourth-order valence-corrected chi connectivity index (χ4v) is 8.76. The molecule has 5 aromatic rings. The molecule has 0 N–H and O–H groups in total. The molecule has 1 aliphatic heterocycles. The molecule has 1 heterocycles. The zero-order valence-corrected chi connectivity index (χ0v) is 27.4. The monoisotopic (exact) mass is 673 g/mol. The number of benzene rings is 5. The van der Waals surface area contributed by atoms with Gasteiger partial charge in [0.25, 0.3) is 0 Å². The number of rotatable bonds is 5. The van der Waals surface area contributed by atoms with Gasteiger partial charge in [-0.2, -0.15) is 0 Å². The van der Waals surface area contributed by atoms with Crippen LogP contribution in [0.5, 0.6) is 0 Å². The van der Waals surface area contributed by atoms with Crippen molar-refractivity contribution in [1.29, 1.82) is 0 Å². The first-order chi connectivity index (χ1) is 22.7. The molecule has 4 nitrogen and oxygen atoms in total. The molecule has 47 heavy (non-hydrogen) atoms. The molecule has 1 saturated heterocycles. The third-order valence-electron chi connectivity index (χ3n) is 10.1. The van der Waals surface area contributed by atoms with Crippen LogP contribution in [0.3, 0.4) is 0 Å². The van der Waals surface area contributed by atoms with Crippen LogP contribution in [0.2, 0.25) is 15.1 Å². The van der Waals surface area contributed by atoms with E-state index in [1.165, 1.54) is 4.90 Å². The molecule has 0 spiro atoms. The number of allylic oxidation sites excluding steroid dienone is 2. The third kappa shape index (κ3) is 3.93. The summed E-state index contributed by atoms with van der Waals surface area (Å²) in [5, 5.41) is 1.42. The number of anilines is 1. The van der Waals surface area contributed by atoms with Gasteiger partial charge in [0, 0.05) is 15.1 Å². The fraction of sp³-hybridized carbons (Fsp3) is 0.125. The van der Waals surface area contributed by atoms with Crippen LogP contribution in [0, 0.1) is 18.8 Å². The van der Waals surface area contributed by atoms with Crippen LogP contribution < -0.4 is 4.90 Å². The number of fused-ring (bicyclic) bond motifs is 5. The Morgan fingerprint density at radius 2 is 0.979 bits per heavy atom. The van der Waals surface area contributed by atoms with Crippen LogP contribution >= 0.6 is 34.8 Å². The van der Waals surface area contributed by atoms with Crippen molar-refractivity contribution in [2.75, 3.05) is 4.90 Å². The summed E-state index contributed by atoms with van der Waals surface area (Å²) in [5.41, 5.74) is 2.34. The summed E-state index contributed by atoms with van der Waals surface area (Å²) in [6, 6.07) is 38.7. The predicted octanol–water partition coefficient (Wildman–Crippen LogP) is 9.14. The summed E-state index contributed by atoms with van der Waals surface area (Å²) >= 11 is 19.4. The van der Waals surface area contributed by atoms with Gasteiger partial charge in [-0.1, -0.05) is 126 Å². The zero-order valence-electron chi connectivity index (χ0n) is 25.1. The minimum absolute atomic E-state index is 0.217. The highest BCUT2D eigenvalue weighted by Crippen LogP contribution is 2.74. The third-order valence-corrected chi connectivity index (χ3v) is 11.0. The molecule has 0 unspecified atom stereocenters. The Bertz CT molecular complexity index is 2020. The molecule has 5 aromatic carbocycles. The summed E-state index contributed by atoms with van der Waals surface area (Å²) in [5.74, 6) is -3.21. The summed E-state index contributed by atoms with van der Waals surface area (Å²) < 4.78 is 0. The van der Waals surface area contributed by atoms with Gasteiger partial charge >= 0.3 is 0 Å². The summed E-state index contributed by atoms with van der Waals surface area (Å²) in [7, 11) is 0. The maximum absolute atomic E-state index is 15.9. The Morgan fingerprint density at radius 1 is 0.553 bits per heavy atom. The van der Waals surface area contributed by atoms with Crippen LogP contribution in [0.25, 0.3) is 11.1 Å². The molecule has 7 heteroatoms. The lowest BCUT2D eigenvalue weighted by molar-refractivity contribution is -0.130. The van der Waals surface area contributed by atoms with E-state index in [9.17, 15) is 0 Å². The van der Waals surface area contributed by atoms with Gasteiger partial charge in [0.05, 0.1) is 28.4 Å². The molecule has 2 amide bonds. The molecule has 0 radical (unpaired) electrons. The van der Waals surface area contributed by atoms with Gasteiger partial charge in [-0.05, 0) is 82.3 Å². The average Bonchev–Trinajstić information content (AvgIpc) is 3.59. The Balaban J connectivity index is 1.55. The average molecular weight is 675 g/mol. The molecular weight excluding hydrogens is 649 g/mol. The number of nitrogens with zero attached hydrogens (tertiary/aromatic N) is 1. The molecule has 2 bridgehead atoms. The van der Waals surface area contributed by atoms with E-state index in [0.717, 1.165) is 16.7 Å². The normalized spacial score (nSPS) is 24.8. The van der Waals surface area contributed by atoms with E-state index in [2.05, 4.69) is 0 Å². The number of imide groups is 1. The lowest BCUT2D eigenvalue weighted by Crippen LogP contribution is -2.45. The first-order valence-corrected chi connectivity index (χ1v) is 16.4. The van der Waals surface area contributed by atoms with Gasteiger partial charge in [-0.15, -0.1) is 0 Å². The molecular formula is C40H26Cl3NO3. The standard InChI is InChI=1S/C40H26Cl3NO3/c1-23-12-21-30(22-31(23)43)44-36(45)34-35(37(44)46)40(27-15-19-29(42)20-16-27)33(25-10-6-3-7-11-25)32(24-8-4-2-5-9-24)39(34,38(40)47)26-13-17-28(41)18-14-26/h2-22,34-35H,1H3/t34-,35-,39+,40+/m1/s1. The minimum Gasteiger partial charge on any atom is -0.297 e. The SMILES string of the molecule is Cc1ccc(N2C(=O)[C@H]3[C@H](C2=O)[C@@]2(c4ccc(Cl)cc4)C(=O)[C@@]3(c3ccc(Cl)cc3)C(c3ccccc3)=C2c2ccccc2)cc1Cl. The fourth-order valence-electron chi connectivity index (χ4n) is 8.33. The topological polar surface area (TPSA) is 54.5 Å². The van der Waals surface area contributed by atoms with E-state index in [-0.39, 0.29) is 5.78 Å². The minimum atomic E-state index is -1.53. The van der Waals surface area contributed by atoms with E-state index in [1.807, 2.05) is 91.9 Å². The first kappa shape index (κ1) is 29.9. The molecule has 1 saturated carbocycles.